The topological polar surface area (TPSA) is 43.4 Å². The zero-order valence-electron chi connectivity index (χ0n) is 10.6. The van der Waals surface area contributed by atoms with Crippen molar-refractivity contribution < 1.29 is 14.3 Å². The summed E-state index contributed by atoms with van der Waals surface area (Å²) in [5.41, 5.74) is 0.762. The minimum atomic E-state index is -0.497. The summed E-state index contributed by atoms with van der Waals surface area (Å²) in [6.45, 7) is 7.02. The number of hydrogen-bond donors (Lipinski definition) is 0. The summed E-state index contributed by atoms with van der Waals surface area (Å²) in [5.74, 6) is -0.321. The third kappa shape index (κ3) is 3.47. The maximum Gasteiger partial charge on any atom is 0.334 e. The minimum absolute atomic E-state index is 0.000518. The molecule has 0 bridgehead atoms. The van der Waals surface area contributed by atoms with Gasteiger partial charge in [-0.05, 0) is 53.4 Å². The molecular weight excluding hydrogens is 204 g/mol. The lowest BCUT2D eigenvalue weighted by Crippen LogP contribution is -2.27. The number of carbonyl (C=O) groups is 2. The lowest BCUT2D eigenvalue weighted by atomic mass is 9.89. The van der Waals surface area contributed by atoms with Crippen LogP contribution in [0, 0.1) is 0 Å². The van der Waals surface area contributed by atoms with Gasteiger partial charge in [-0.1, -0.05) is 0 Å². The van der Waals surface area contributed by atoms with Crippen molar-refractivity contribution in [3.05, 3.63) is 11.1 Å². The molecule has 0 aromatic heterocycles. The molecule has 0 heterocycles. The van der Waals surface area contributed by atoms with Crippen LogP contribution in [0.25, 0.3) is 0 Å². The van der Waals surface area contributed by atoms with Gasteiger partial charge in [0.25, 0.3) is 0 Å². The van der Waals surface area contributed by atoms with Crippen molar-refractivity contribution in [2.75, 3.05) is 0 Å². The third-order valence-electron chi connectivity index (χ3n) is 2.54. The first-order valence-corrected chi connectivity index (χ1v) is 5.77. The summed E-state index contributed by atoms with van der Waals surface area (Å²) in [6.07, 6.45) is 3.33. The molecule has 0 amide bonds. The molecule has 3 nitrogen and oxygen atoms in total. The molecule has 16 heavy (non-hydrogen) atoms. The highest BCUT2D eigenvalue weighted by Gasteiger charge is 2.26. The molecular formula is C13H20O3. The van der Waals surface area contributed by atoms with Crippen molar-refractivity contribution in [1.82, 2.24) is 0 Å². The molecule has 1 rings (SSSR count). The number of Topliss-reactive ketones (excluding diaryl/α,β-unsaturated/α-hetero) is 1. The SMILES string of the molecule is CC(=O)C1=C(C(=O)OC(C)(C)C)CCCC1. The number of rotatable bonds is 2. The Balaban J connectivity index is 2.90. The molecule has 0 aromatic carbocycles. The molecule has 1 aliphatic rings. The van der Waals surface area contributed by atoms with Crippen LogP contribution in [0.15, 0.2) is 11.1 Å². The van der Waals surface area contributed by atoms with Gasteiger partial charge in [0.05, 0.1) is 0 Å². The van der Waals surface area contributed by atoms with E-state index in [-0.39, 0.29) is 11.8 Å². The van der Waals surface area contributed by atoms with E-state index in [1.54, 1.807) is 0 Å². The van der Waals surface area contributed by atoms with Gasteiger partial charge in [0.15, 0.2) is 5.78 Å². The molecule has 0 atom stereocenters. The number of allylic oxidation sites excluding steroid dienone is 1. The monoisotopic (exact) mass is 224 g/mol. The van der Waals surface area contributed by atoms with Gasteiger partial charge in [0.1, 0.15) is 5.60 Å². The fourth-order valence-corrected chi connectivity index (χ4v) is 1.86. The number of esters is 1. The van der Waals surface area contributed by atoms with E-state index in [4.69, 9.17) is 4.74 Å². The quantitative estimate of drug-likeness (QED) is 0.677. The van der Waals surface area contributed by atoms with E-state index in [0.29, 0.717) is 24.0 Å². The molecule has 0 unspecified atom stereocenters. The molecule has 0 spiro atoms. The van der Waals surface area contributed by atoms with Crippen molar-refractivity contribution >= 4 is 11.8 Å². The molecule has 3 heteroatoms. The van der Waals surface area contributed by atoms with Crippen LogP contribution >= 0.6 is 0 Å². The largest absolute Gasteiger partial charge is 0.457 e. The van der Waals surface area contributed by atoms with Gasteiger partial charge < -0.3 is 4.74 Å². The molecule has 0 N–H and O–H groups in total. The summed E-state index contributed by atoms with van der Waals surface area (Å²) in [4.78, 5) is 23.3. The maximum absolute atomic E-state index is 11.9. The van der Waals surface area contributed by atoms with E-state index < -0.39 is 5.60 Å². The van der Waals surface area contributed by atoms with E-state index in [9.17, 15) is 9.59 Å². The zero-order chi connectivity index (χ0) is 12.3. The molecule has 0 aromatic rings. The summed E-state index contributed by atoms with van der Waals surface area (Å²) >= 11 is 0. The lowest BCUT2D eigenvalue weighted by molar-refractivity contribution is -0.150. The second-order valence-corrected chi connectivity index (χ2v) is 5.22. The molecule has 0 aliphatic heterocycles. The zero-order valence-corrected chi connectivity index (χ0v) is 10.6. The molecule has 0 saturated carbocycles. The fraction of sp³-hybridized carbons (Fsp3) is 0.692. The highest BCUT2D eigenvalue weighted by molar-refractivity contribution is 6.03. The van der Waals surface area contributed by atoms with Gasteiger partial charge >= 0.3 is 5.97 Å². The fourth-order valence-electron chi connectivity index (χ4n) is 1.86. The average Bonchev–Trinajstić information content (AvgIpc) is 2.15. The summed E-state index contributed by atoms with van der Waals surface area (Å²) in [5, 5.41) is 0. The van der Waals surface area contributed by atoms with Gasteiger partial charge in [-0.25, -0.2) is 4.79 Å². The first-order valence-electron chi connectivity index (χ1n) is 5.77. The van der Waals surface area contributed by atoms with Crippen molar-refractivity contribution in [1.29, 1.82) is 0 Å². The molecule has 90 valence electrons. The Bertz CT molecular complexity index is 332. The Morgan fingerprint density at radius 2 is 1.56 bits per heavy atom. The predicted molar refractivity (Wildman–Crippen MR) is 62.0 cm³/mol. The summed E-state index contributed by atoms with van der Waals surface area (Å²) in [7, 11) is 0. The van der Waals surface area contributed by atoms with Crippen LogP contribution in [-0.4, -0.2) is 17.4 Å². The van der Waals surface area contributed by atoms with E-state index in [2.05, 4.69) is 0 Å². The first-order chi connectivity index (χ1) is 7.31. The molecule has 0 fully saturated rings. The smallest absolute Gasteiger partial charge is 0.334 e. The molecule has 0 saturated heterocycles. The van der Waals surface area contributed by atoms with Crippen molar-refractivity contribution in [2.45, 2.75) is 59.0 Å². The van der Waals surface area contributed by atoms with Gasteiger partial charge in [0.2, 0.25) is 0 Å². The minimum Gasteiger partial charge on any atom is -0.457 e. The van der Waals surface area contributed by atoms with Crippen molar-refractivity contribution in [2.24, 2.45) is 0 Å². The normalized spacial score (nSPS) is 17.2. The van der Waals surface area contributed by atoms with Crippen LogP contribution in [0.4, 0.5) is 0 Å². The average molecular weight is 224 g/mol. The van der Waals surface area contributed by atoms with Gasteiger partial charge in [0, 0.05) is 11.1 Å². The second kappa shape index (κ2) is 4.81. The second-order valence-electron chi connectivity index (χ2n) is 5.22. The van der Waals surface area contributed by atoms with Crippen LogP contribution in [0.5, 0.6) is 0 Å². The predicted octanol–water partition coefficient (Wildman–Crippen LogP) is 2.79. The number of hydrogen-bond acceptors (Lipinski definition) is 3. The Kier molecular flexibility index (Phi) is 3.89. The van der Waals surface area contributed by atoms with Crippen LogP contribution in [0.2, 0.25) is 0 Å². The standard InChI is InChI=1S/C13H20O3/c1-9(14)10-7-5-6-8-11(10)12(15)16-13(2,3)4/h5-8H2,1-4H3. The van der Waals surface area contributed by atoms with Crippen molar-refractivity contribution in [3.63, 3.8) is 0 Å². The number of ether oxygens (including phenoxy) is 1. The Morgan fingerprint density at radius 1 is 1.06 bits per heavy atom. The summed E-state index contributed by atoms with van der Waals surface area (Å²) in [6, 6.07) is 0. The van der Waals surface area contributed by atoms with E-state index in [1.165, 1.54) is 6.92 Å². The summed E-state index contributed by atoms with van der Waals surface area (Å²) < 4.78 is 5.31. The van der Waals surface area contributed by atoms with Crippen molar-refractivity contribution in [3.8, 4) is 0 Å². The van der Waals surface area contributed by atoms with Crippen LogP contribution < -0.4 is 0 Å². The molecule has 0 radical (unpaired) electrons. The molecule has 1 aliphatic carbocycles. The number of carbonyl (C=O) groups excluding carboxylic acids is 2. The van der Waals surface area contributed by atoms with Gasteiger partial charge in [-0.2, -0.15) is 0 Å². The van der Waals surface area contributed by atoms with Crippen LogP contribution in [0.3, 0.4) is 0 Å². The van der Waals surface area contributed by atoms with Crippen LogP contribution in [0.1, 0.15) is 53.4 Å². The highest BCUT2D eigenvalue weighted by atomic mass is 16.6. The van der Waals surface area contributed by atoms with E-state index in [0.717, 1.165) is 12.8 Å². The maximum atomic E-state index is 11.9. The van der Waals surface area contributed by atoms with E-state index >= 15 is 0 Å². The van der Waals surface area contributed by atoms with E-state index in [1.807, 2.05) is 20.8 Å². The Labute approximate surface area is 96.9 Å². The van der Waals surface area contributed by atoms with Gasteiger partial charge in [-0.3, -0.25) is 4.79 Å². The Hall–Kier alpha value is -1.12. The van der Waals surface area contributed by atoms with Gasteiger partial charge in [-0.15, -0.1) is 0 Å². The highest BCUT2D eigenvalue weighted by Crippen LogP contribution is 2.27. The lowest BCUT2D eigenvalue weighted by Gasteiger charge is -2.23. The van der Waals surface area contributed by atoms with Crippen LogP contribution in [-0.2, 0) is 14.3 Å². The first kappa shape index (κ1) is 12.9. The third-order valence-corrected chi connectivity index (χ3v) is 2.54. The Morgan fingerprint density at radius 3 is 2.00 bits per heavy atom. The number of ketones is 1.